The molecular formula is C28H26FN5O4. The Kier molecular flexibility index (Phi) is 7.38. The summed E-state index contributed by atoms with van der Waals surface area (Å²) in [5, 5.41) is 13.3. The first-order chi connectivity index (χ1) is 18.6. The second-order valence-electron chi connectivity index (χ2n) is 8.53. The van der Waals surface area contributed by atoms with Crippen LogP contribution >= 0.6 is 0 Å². The smallest absolute Gasteiger partial charge is 0.162 e. The standard InChI is InChI=1S/C28H26FN5O4/c1-35-20-5-3-18(22(29)14-20)17-38-25-8-4-19(13-26(25)36-2)32-23-6-7-24-28(21(23)15-30)33-27(16-31-24)34-9-11-37-12-10-34/h3-8,13-14,16,32H,9-12,17H2,1-2H3. The minimum atomic E-state index is -0.415. The molecule has 1 aromatic heterocycles. The van der Waals surface area contributed by atoms with E-state index in [0.29, 0.717) is 69.8 Å². The highest BCUT2D eigenvalue weighted by molar-refractivity contribution is 5.89. The lowest BCUT2D eigenvalue weighted by atomic mass is 10.1. The Morgan fingerprint density at radius 2 is 1.89 bits per heavy atom. The molecule has 1 aliphatic rings. The average Bonchev–Trinajstić information content (AvgIpc) is 2.96. The zero-order valence-electron chi connectivity index (χ0n) is 21.0. The second kappa shape index (κ2) is 11.2. The van der Waals surface area contributed by atoms with Gasteiger partial charge in [0.2, 0.25) is 0 Å². The number of nitriles is 1. The van der Waals surface area contributed by atoms with E-state index in [1.54, 1.807) is 42.6 Å². The number of anilines is 3. The van der Waals surface area contributed by atoms with Gasteiger partial charge in [0, 0.05) is 36.5 Å². The predicted octanol–water partition coefficient (Wildman–Crippen LogP) is 4.82. The first-order valence-electron chi connectivity index (χ1n) is 12.0. The molecule has 3 aromatic carbocycles. The lowest BCUT2D eigenvalue weighted by Crippen LogP contribution is -2.36. The number of fused-ring (bicyclic) bond motifs is 1. The third-order valence-electron chi connectivity index (χ3n) is 6.24. The Morgan fingerprint density at radius 3 is 2.63 bits per heavy atom. The molecule has 5 rings (SSSR count). The molecule has 1 saturated heterocycles. The number of nitrogens with one attached hydrogen (secondary N) is 1. The van der Waals surface area contributed by atoms with Crippen molar-refractivity contribution in [3.8, 4) is 23.3 Å². The number of benzene rings is 3. The maximum absolute atomic E-state index is 14.3. The molecule has 194 valence electrons. The van der Waals surface area contributed by atoms with Crippen molar-refractivity contribution in [1.82, 2.24) is 9.97 Å². The number of methoxy groups -OCH3 is 2. The van der Waals surface area contributed by atoms with E-state index in [1.807, 2.05) is 6.07 Å². The summed E-state index contributed by atoms with van der Waals surface area (Å²) in [4.78, 5) is 11.4. The zero-order valence-corrected chi connectivity index (χ0v) is 21.0. The molecule has 1 aliphatic heterocycles. The van der Waals surface area contributed by atoms with E-state index in [2.05, 4.69) is 21.3 Å². The highest BCUT2D eigenvalue weighted by Gasteiger charge is 2.17. The van der Waals surface area contributed by atoms with Crippen LogP contribution in [0.25, 0.3) is 11.0 Å². The summed E-state index contributed by atoms with van der Waals surface area (Å²) < 4.78 is 36.1. The van der Waals surface area contributed by atoms with Crippen LogP contribution in [0.4, 0.5) is 21.6 Å². The molecule has 38 heavy (non-hydrogen) atoms. The number of morpholine rings is 1. The number of ether oxygens (including phenoxy) is 4. The lowest BCUT2D eigenvalue weighted by molar-refractivity contribution is 0.122. The van der Waals surface area contributed by atoms with Crippen molar-refractivity contribution in [3.63, 3.8) is 0 Å². The molecule has 0 aliphatic carbocycles. The first-order valence-corrected chi connectivity index (χ1v) is 12.0. The molecule has 2 heterocycles. The van der Waals surface area contributed by atoms with Crippen LogP contribution in [0.1, 0.15) is 11.1 Å². The van der Waals surface area contributed by atoms with Crippen LogP contribution < -0.4 is 24.4 Å². The molecule has 9 nitrogen and oxygen atoms in total. The normalized spacial score (nSPS) is 13.2. The maximum Gasteiger partial charge on any atom is 0.162 e. The van der Waals surface area contributed by atoms with E-state index in [0.717, 1.165) is 13.1 Å². The second-order valence-corrected chi connectivity index (χ2v) is 8.53. The van der Waals surface area contributed by atoms with Crippen molar-refractivity contribution < 1.29 is 23.3 Å². The van der Waals surface area contributed by atoms with Crippen LogP contribution in [0, 0.1) is 17.1 Å². The third-order valence-corrected chi connectivity index (χ3v) is 6.24. The molecule has 0 atom stereocenters. The Morgan fingerprint density at radius 1 is 1.05 bits per heavy atom. The van der Waals surface area contributed by atoms with Crippen molar-refractivity contribution in [1.29, 1.82) is 5.26 Å². The fourth-order valence-electron chi connectivity index (χ4n) is 4.18. The molecule has 10 heteroatoms. The number of rotatable bonds is 8. The third kappa shape index (κ3) is 5.23. The van der Waals surface area contributed by atoms with Crippen molar-refractivity contribution in [2.75, 3.05) is 50.7 Å². The van der Waals surface area contributed by atoms with Gasteiger partial charge in [-0.05, 0) is 36.4 Å². The molecule has 4 aromatic rings. The summed E-state index contributed by atoms with van der Waals surface area (Å²) in [5.74, 6) is 1.65. The van der Waals surface area contributed by atoms with Crippen LogP contribution in [0.3, 0.4) is 0 Å². The highest BCUT2D eigenvalue weighted by atomic mass is 19.1. The summed E-state index contributed by atoms with van der Waals surface area (Å²) in [6.07, 6.45) is 1.73. The van der Waals surface area contributed by atoms with Crippen LogP contribution in [0.2, 0.25) is 0 Å². The van der Waals surface area contributed by atoms with Crippen molar-refractivity contribution >= 4 is 28.2 Å². The van der Waals surface area contributed by atoms with Gasteiger partial charge in [0.05, 0.1) is 44.8 Å². The van der Waals surface area contributed by atoms with E-state index in [9.17, 15) is 9.65 Å². The Hall–Kier alpha value is -4.62. The van der Waals surface area contributed by atoms with Crippen molar-refractivity contribution in [2.45, 2.75) is 6.61 Å². The number of nitrogens with zero attached hydrogens (tertiary/aromatic N) is 4. The van der Waals surface area contributed by atoms with Crippen LogP contribution in [-0.4, -0.2) is 50.5 Å². The zero-order chi connectivity index (χ0) is 26.5. The van der Waals surface area contributed by atoms with Crippen molar-refractivity contribution in [3.05, 3.63) is 71.7 Å². The summed E-state index contributed by atoms with van der Waals surface area (Å²) >= 11 is 0. The number of aromatic nitrogens is 2. The summed E-state index contributed by atoms with van der Waals surface area (Å²) in [7, 11) is 3.01. The SMILES string of the molecule is COc1ccc(COc2ccc(Nc3ccc4ncc(N5CCOCC5)nc4c3C#N)cc2OC)c(F)c1. The quantitative estimate of drug-likeness (QED) is 0.354. The van der Waals surface area contributed by atoms with E-state index in [4.69, 9.17) is 23.9 Å². The number of halogens is 1. The van der Waals surface area contributed by atoms with Gasteiger partial charge in [-0.2, -0.15) is 5.26 Å². The fourth-order valence-corrected chi connectivity index (χ4v) is 4.18. The topological polar surface area (TPSA) is 102 Å². The van der Waals surface area contributed by atoms with Crippen LogP contribution in [0.5, 0.6) is 17.2 Å². The minimum Gasteiger partial charge on any atom is -0.497 e. The van der Waals surface area contributed by atoms with Crippen molar-refractivity contribution in [2.24, 2.45) is 0 Å². The molecule has 0 bridgehead atoms. The molecule has 1 N–H and O–H groups in total. The van der Waals surface area contributed by atoms with Crippen LogP contribution in [0.15, 0.2) is 54.7 Å². The van der Waals surface area contributed by atoms with Gasteiger partial charge < -0.3 is 29.2 Å². The Labute approximate surface area is 219 Å². The minimum absolute atomic E-state index is 0.0202. The largest absolute Gasteiger partial charge is 0.497 e. The Bertz CT molecular complexity index is 1500. The van der Waals surface area contributed by atoms with E-state index in [-0.39, 0.29) is 6.61 Å². The van der Waals surface area contributed by atoms with E-state index < -0.39 is 5.82 Å². The molecule has 0 amide bonds. The molecular weight excluding hydrogens is 489 g/mol. The monoisotopic (exact) mass is 515 g/mol. The summed E-state index contributed by atoms with van der Waals surface area (Å²) in [5.41, 5.74) is 3.20. The lowest BCUT2D eigenvalue weighted by Gasteiger charge is -2.27. The van der Waals surface area contributed by atoms with Gasteiger partial charge in [0.1, 0.15) is 41.1 Å². The summed E-state index contributed by atoms with van der Waals surface area (Å²) in [6, 6.07) is 15.8. The van der Waals surface area contributed by atoms with Gasteiger partial charge >= 0.3 is 0 Å². The number of hydrogen-bond donors (Lipinski definition) is 1. The van der Waals surface area contributed by atoms with Gasteiger partial charge in [-0.15, -0.1) is 0 Å². The maximum atomic E-state index is 14.3. The first kappa shape index (κ1) is 25.0. The number of hydrogen-bond acceptors (Lipinski definition) is 9. The molecule has 0 saturated carbocycles. The predicted molar refractivity (Wildman–Crippen MR) is 141 cm³/mol. The van der Waals surface area contributed by atoms with E-state index >= 15 is 0 Å². The van der Waals surface area contributed by atoms with Gasteiger partial charge in [0.15, 0.2) is 11.5 Å². The van der Waals surface area contributed by atoms with Gasteiger partial charge in [-0.3, -0.25) is 4.98 Å². The van der Waals surface area contributed by atoms with Crippen LogP contribution in [-0.2, 0) is 11.3 Å². The molecule has 0 radical (unpaired) electrons. The van der Waals surface area contributed by atoms with E-state index in [1.165, 1.54) is 20.3 Å². The van der Waals surface area contributed by atoms with Gasteiger partial charge in [-0.1, -0.05) is 0 Å². The Balaban J connectivity index is 1.37. The highest BCUT2D eigenvalue weighted by Crippen LogP contribution is 2.34. The van der Waals surface area contributed by atoms with Gasteiger partial charge in [-0.25, -0.2) is 9.37 Å². The molecule has 0 unspecified atom stereocenters. The average molecular weight is 516 g/mol. The summed E-state index contributed by atoms with van der Waals surface area (Å²) in [6.45, 7) is 2.72. The molecule has 1 fully saturated rings. The fraction of sp³-hybridized carbons (Fsp3) is 0.250. The molecule has 0 spiro atoms. The van der Waals surface area contributed by atoms with Gasteiger partial charge in [0.25, 0.3) is 0 Å².